The lowest BCUT2D eigenvalue weighted by Crippen LogP contribution is -2.53. The molecule has 1 heterocycles. The number of carbonyl (C=O) groups is 1. The van der Waals surface area contributed by atoms with Crippen LogP contribution in [0.4, 0.5) is 18.0 Å². The van der Waals surface area contributed by atoms with Gasteiger partial charge in [0.1, 0.15) is 5.60 Å². The molecule has 1 saturated heterocycles. The molecular formula is C15H18F3NO3. The van der Waals surface area contributed by atoms with Crippen molar-refractivity contribution in [2.24, 2.45) is 5.92 Å². The van der Waals surface area contributed by atoms with Crippen LogP contribution >= 0.6 is 0 Å². The number of aliphatic hydroxyl groups is 1. The predicted octanol–water partition coefficient (Wildman–Crippen LogP) is 3.00. The Kier molecular flexibility index (Phi) is 4.37. The number of ether oxygens (including phenoxy) is 1. The van der Waals surface area contributed by atoms with Crippen LogP contribution in [-0.2, 0) is 4.74 Å². The van der Waals surface area contributed by atoms with Crippen molar-refractivity contribution in [2.75, 3.05) is 13.1 Å². The molecular weight excluding hydrogens is 299 g/mol. The van der Waals surface area contributed by atoms with Crippen molar-refractivity contribution in [1.29, 1.82) is 0 Å². The fourth-order valence-corrected chi connectivity index (χ4v) is 2.21. The molecule has 1 amide bonds. The minimum absolute atomic E-state index is 0.161. The van der Waals surface area contributed by atoms with E-state index in [4.69, 9.17) is 4.74 Å². The summed E-state index contributed by atoms with van der Waals surface area (Å²) in [6.45, 7) is 5.51. The first kappa shape index (κ1) is 16.6. The molecule has 2 rings (SSSR count). The summed E-state index contributed by atoms with van der Waals surface area (Å²) in [4.78, 5) is 13.1. The van der Waals surface area contributed by atoms with E-state index in [9.17, 15) is 23.1 Å². The molecule has 0 radical (unpaired) electrons. The van der Waals surface area contributed by atoms with Crippen LogP contribution in [0.2, 0.25) is 0 Å². The highest BCUT2D eigenvalue weighted by molar-refractivity contribution is 5.69. The van der Waals surface area contributed by atoms with Crippen molar-refractivity contribution in [2.45, 2.75) is 32.5 Å². The average Bonchev–Trinajstić information content (AvgIpc) is 2.31. The maximum Gasteiger partial charge on any atom is 0.410 e. The Hall–Kier alpha value is -1.76. The quantitative estimate of drug-likeness (QED) is 0.853. The summed E-state index contributed by atoms with van der Waals surface area (Å²) in [5, 5.41) is 10.1. The molecule has 1 aromatic carbocycles. The predicted molar refractivity (Wildman–Crippen MR) is 72.6 cm³/mol. The minimum Gasteiger partial charge on any atom is -0.444 e. The van der Waals surface area contributed by atoms with E-state index in [0.29, 0.717) is 0 Å². The summed E-state index contributed by atoms with van der Waals surface area (Å²) in [7, 11) is 0. The average molecular weight is 317 g/mol. The highest BCUT2D eigenvalue weighted by Gasteiger charge is 2.39. The zero-order valence-electron chi connectivity index (χ0n) is 12.6. The molecule has 0 bridgehead atoms. The lowest BCUT2D eigenvalue weighted by atomic mass is 9.89. The fraction of sp³-hybridized carbons (Fsp3) is 0.533. The molecule has 1 fully saturated rings. The molecule has 122 valence electrons. The third-order valence-corrected chi connectivity index (χ3v) is 3.39. The number of aliphatic hydroxyl groups excluding tert-OH is 1. The van der Waals surface area contributed by atoms with Gasteiger partial charge in [-0.25, -0.2) is 18.0 Å². The van der Waals surface area contributed by atoms with Crippen molar-refractivity contribution in [1.82, 2.24) is 4.90 Å². The summed E-state index contributed by atoms with van der Waals surface area (Å²) < 4.78 is 44.8. The van der Waals surface area contributed by atoms with Gasteiger partial charge in [0.2, 0.25) is 0 Å². The summed E-state index contributed by atoms with van der Waals surface area (Å²) in [5.41, 5.74) is -0.944. The smallest absolute Gasteiger partial charge is 0.410 e. The summed E-state index contributed by atoms with van der Waals surface area (Å²) in [6.07, 6.45) is -1.84. The first-order valence-electron chi connectivity index (χ1n) is 6.89. The van der Waals surface area contributed by atoms with E-state index in [-0.39, 0.29) is 18.7 Å². The van der Waals surface area contributed by atoms with Crippen molar-refractivity contribution < 1.29 is 27.8 Å². The Balaban J connectivity index is 1.99. The molecule has 1 N–H and O–H groups in total. The molecule has 1 aromatic rings. The van der Waals surface area contributed by atoms with Crippen molar-refractivity contribution >= 4 is 6.09 Å². The third kappa shape index (κ3) is 3.35. The number of carbonyl (C=O) groups excluding carboxylic acids is 1. The van der Waals surface area contributed by atoms with Gasteiger partial charge in [0.15, 0.2) is 17.5 Å². The van der Waals surface area contributed by atoms with E-state index >= 15 is 0 Å². The molecule has 1 aliphatic rings. The molecule has 7 heteroatoms. The van der Waals surface area contributed by atoms with Crippen LogP contribution in [0, 0.1) is 23.4 Å². The summed E-state index contributed by atoms with van der Waals surface area (Å²) in [6, 6.07) is 1.77. The van der Waals surface area contributed by atoms with Gasteiger partial charge >= 0.3 is 6.09 Å². The third-order valence-electron chi connectivity index (χ3n) is 3.39. The van der Waals surface area contributed by atoms with E-state index < -0.39 is 41.2 Å². The SMILES string of the molecule is CC(C)(C)OC(=O)N1CC(C(O)c2ccc(F)c(F)c2F)C1. The number of benzene rings is 1. The maximum atomic E-state index is 13.6. The number of amides is 1. The highest BCUT2D eigenvalue weighted by atomic mass is 19.2. The number of hydrogen-bond acceptors (Lipinski definition) is 3. The fourth-order valence-electron chi connectivity index (χ4n) is 2.21. The summed E-state index contributed by atoms with van der Waals surface area (Å²) >= 11 is 0. The first-order chi connectivity index (χ1) is 10.1. The number of halogens is 3. The van der Waals surface area contributed by atoms with Crippen LogP contribution in [0.5, 0.6) is 0 Å². The lowest BCUT2D eigenvalue weighted by Gasteiger charge is -2.42. The van der Waals surface area contributed by atoms with Crippen LogP contribution < -0.4 is 0 Å². The van der Waals surface area contributed by atoms with Gasteiger partial charge in [0, 0.05) is 24.6 Å². The van der Waals surface area contributed by atoms with Gasteiger partial charge in [-0.1, -0.05) is 6.07 Å². The standard InChI is InChI=1S/C15H18F3NO3/c1-15(2,3)22-14(21)19-6-8(7-19)13(20)9-4-5-10(16)12(18)11(9)17/h4-5,8,13,20H,6-7H2,1-3H3. The van der Waals surface area contributed by atoms with Gasteiger partial charge in [-0.05, 0) is 26.8 Å². The second-order valence-electron chi connectivity index (χ2n) is 6.35. The van der Waals surface area contributed by atoms with Gasteiger partial charge < -0.3 is 14.7 Å². The van der Waals surface area contributed by atoms with Crippen molar-refractivity contribution in [3.63, 3.8) is 0 Å². The van der Waals surface area contributed by atoms with Gasteiger partial charge in [-0.3, -0.25) is 0 Å². The van der Waals surface area contributed by atoms with E-state index in [1.54, 1.807) is 20.8 Å². The molecule has 22 heavy (non-hydrogen) atoms. The summed E-state index contributed by atoms with van der Waals surface area (Å²) in [5.74, 6) is -4.77. The normalized spacial score (nSPS) is 17.1. The van der Waals surface area contributed by atoms with Crippen molar-refractivity contribution in [3.05, 3.63) is 35.1 Å². The Morgan fingerprint density at radius 2 is 1.86 bits per heavy atom. The van der Waals surface area contributed by atoms with Crippen LogP contribution in [0.3, 0.4) is 0 Å². The van der Waals surface area contributed by atoms with Crippen LogP contribution in [0.15, 0.2) is 12.1 Å². The number of hydrogen-bond donors (Lipinski definition) is 1. The molecule has 0 aliphatic carbocycles. The number of rotatable bonds is 2. The molecule has 1 aliphatic heterocycles. The Bertz CT molecular complexity index is 580. The second kappa shape index (κ2) is 5.79. The molecule has 0 aromatic heterocycles. The largest absolute Gasteiger partial charge is 0.444 e. The first-order valence-corrected chi connectivity index (χ1v) is 6.89. The molecule has 1 atom stereocenters. The Morgan fingerprint density at radius 1 is 1.27 bits per heavy atom. The van der Waals surface area contributed by atoms with Gasteiger partial charge in [-0.15, -0.1) is 0 Å². The Labute approximate surface area is 126 Å². The van der Waals surface area contributed by atoms with Crippen LogP contribution in [0.25, 0.3) is 0 Å². The van der Waals surface area contributed by atoms with Crippen LogP contribution in [-0.4, -0.2) is 34.8 Å². The maximum absolute atomic E-state index is 13.6. The van der Waals surface area contributed by atoms with Crippen molar-refractivity contribution in [3.8, 4) is 0 Å². The van der Waals surface area contributed by atoms with Gasteiger partial charge in [0.25, 0.3) is 0 Å². The van der Waals surface area contributed by atoms with E-state index in [1.807, 2.05) is 0 Å². The topological polar surface area (TPSA) is 49.8 Å². The molecule has 4 nitrogen and oxygen atoms in total. The van der Waals surface area contributed by atoms with Crippen LogP contribution in [0.1, 0.15) is 32.4 Å². The van der Waals surface area contributed by atoms with Gasteiger partial charge in [-0.2, -0.15) is 0 Å². The molecule has 1 unspecified atom stereocenters. The lowest BCUT2D eigenvalue weighted by molar-refractivity contribution is -0.0323. The zero-order chi connectivity index (χ0) is 16.7. The monoisotopic (exact) mass is 317 g/mol. The number of nitrogens with zero attached hydrogens (tertiary/aromatic N) is 1. The van der Waals surface area contributed by atoms with E-state index in [0.717, 1.165) is 12.1 Å². The minimum atomic E-state index is -1.61. The second-order valence-corrected chi connectivity index (χ2v) is 6.35. The molecule has 0 saturated carbocycles. The van der Waals surface area contributed by atoms with Gasteiger partial charge in [0.05, 0.1) is 6.10 Å². The Morgan fingerprint density at radius 3 is 2.41 bits per heavy atom. The van der Waals surface area contributed by atoms with E-state index in [1.165, 1.54) is 4.90 Å². The van der Waals surface area contributed by atoms with E-state index in [2.05, 4.69) is 0 Å². The number of likely N-dealkylation sites (tertiary alicyclic amines) is 1. The zero-order valence-corrected chi connectivity index (χ0v) is 12.6. The highest BCUT2D eigenvalue weighted by Crippen LogP contribution is 2.33. The molecule has 0 spiro atoms.